The zero-order valence-corrected chi connectivity index (χ0v) is 8.04. The second kappa shape index (κ2) is 2.59. The Kier molecular flexibility index (Phi) is 1.66. The summed E-state index contributed by atoms with van der Waals surface area (Å²) < 4.78 is 1.47. The summed E-state index contributed by atoms with van der Waals surface area (Å²) in [6, 6.07) is 0. The standard InChI is InChI=1S/C7H9N3O2S/c1-3(2)4-5(11)8-6-10(4)9-7(12)13-6/h3,11H,1-2H3,(H,9,12). The molecule has 0 aliphatic heterocycles. The Bertz CT molecular complexity index is 446. The lowest BCUT2D eigenvalue weighted by molar-refractivity contribution is 0.440. The van der Waals surface area contributed by atoms with E-state index in [1.165, 1.54) is 4.52 Å². The van der Waals surface area contributed by atoms with Gasteiger partial charge in [0, 0.05) is 5.92 Å². The highest BCUT2D eigenvalue weighted by atomic mass is 32.1. The molecule has 0 saturated carbocycles. The third kappa shape index (κ3) is 1.14. The van der Waals surface area contributed by atoms with Gasteiger partial charge < -0.3 is 10.2 Å². The SMILES string of the molecule is CC(C)c1c(O)nc2sc(O)nn12. The number of hydrogen-bond donors (Lipinski definition) is 2. The molecule has 0 saturated heterocycles. The Morgan fingerprint density at radius 3 is 2.69 bits per heavy atom. The van der Waals surface area contributed by atoms with Gasteiger partial charge >= 0.3 is 0 Å². The highest BCUT2D eigenvalue weighted by Gasteiger charge is 2.17. The van der Waals surface area contributed by atoms with Crippen LogP contribution in [0.5, 0.6) is 11.1 Å². The summed E-state index contributed by atoms with van der Waals surface area (Å²) in [6.07, 6.45) is 0. The number of fused-ring (bicyclic) bond motifs is 1. The van der Waals surface area contributed by atoms with E-state index in [1.54, 1.807) is 0 Å². The number of imidazole rings is 1. The van der Waals surface area contributed by atoms with Gasteiger partial charge in [0.2, 0.25) is 10.8 Å². The molecule has 2 aromatic heterocycles. The van der Waals surface area contributed by atoms with Crippen molar-refractivity contribution in [3.05, 3.63) is 5.69 Å². The minimum absolute atomic E-state index is 0.00579. The average Bonchev–Trinajstić information content (AvgIpc) is 2.41. The fourth-order valence-corrected chi connectivity index (χ4v) is 1.89. The van der Waals surface area contributed by atoms with Crippen LogP contribution in [0.15, 0.2) is 0 Å². The van der Waals surface area contributed by atoms with E-state index >= 15 is 0 Å². The van der Waals surface area contributed by atoms with Crippen LogP contribution in [-0.4, -0.2) is 24.8 Å². The number of aromatic nitrogens is 3. The van der Waals surface area contributed by atoms with Gasteiger partial charge in [-0.15, -0.1) is 5.10 Å². The van der Waals surface area contributed by atoms with Crippen LogP contribution in [0.25, 0.3) is 4.96 Å². The highest BCUT2D eigenvalue weighted by molar-refractivity contribution is 7.18. The van der Waals surface area contributed by atoms with Crippen molar-refractivity contribution in [3.8, 4) is 11.1 Å². The molecule has 0 bridgehead atoms. The van der Waals surface area contributed by atoms with E-state index in [4.69, 9.17) is 5.11 Å². The van der Waals surface area contributed by atoms with E-state index in [1.807, 2.05) is 13.8 Å². The smallest absolute Gasteiger partial charge is 0.291 e. The molecule has 70 valence electrons. The van der Waals surface area contributed by atoms with Gasteiger partial charge in [-0.3, -0.25) is 0 Å². The molecule has 2 heterocycles. The van der Waals surface area contributed by atoms with Crippen LogP contribution < -0.4 is 0 Å². The second-order valence-corrected chi connectivity index (χ2v) is 3.99. The molecule has 0 amide bonds. The fraction of sp³-hybridized carbons (Fsp3) is 0.429. The highest BCUT2D eigenvalue weighted by Crippen LogP contribution is 2.30. The fourth-order valence-electron chi connectivity index (χ4n) is 1.25. The summed E-state index contributed by atoms with van der Waals surface area (Å²) in [5.74, 6) is 0.116. The number of hydrogen-bond acceptors (Lipinski definition) is 5. The van der Waals surface area contributed by atoms with Gasteiger partial charge in [-0.25, -0.2) is 4.52 Å². The van der Waals surface area contributed by atoms with Gasteiger partial charge in [-0.05, 0) is 11.3 Å². The Hall–Kier alpha value is -1.30. The normalized spacial score (nSPS) is 11.6. The van der Waals surface area contributed by atoms with Gasteiger partial charge in [-0.2, -0.15) is 4.98 Å². The van der Waals surface area contributed by atoms with Crippen LogP contribution in [0.1, 0.15) is 25.5 Å². The molecule has 0 fully saturated rings. The first kappa shape index (κ1) is 8.31. The second-order valence-electron chi connectivity index (χ2n) is 3.05. The predicted molar refractivity (Wildman–Crippen MR) is 48.3 cm³/mol. The van der Waals surface area contributed by atoms with Crippen LogP contribution in [-0.2, 0) is 0 Å². The van der Waals surface area contributed by atoms with Crippen LogP contribution in [0.2, 0.25) is 0 Å². The molecular weight excluding hydrogens is 190 g/mol. The van der Waals surface area contributed by atoms with Crippen LogP contribution >= 0.6 is 11.3 Å². The number of rotatable bonds is 1. The third-order valence-corrected chi connectivity index (χ3v) is 2.47. The maximum absolute atomic E-state index is 9.44. The molecule has 0 unspecified atom stereocenters. The lowest BCUT2D eigenvalue weighted by Crippen LogP contribution is -1.95. The van der Waals surface area contributed by atoms with Gasteiger partial charge in [0.15, 0.2) is 0 Å². The van der Waals surface area contributed by atoms with Crippen molar-refractivity contribution in [2.75, 3.05) is 0 Å². The summed E-state index contributed by atoms with van der Waals surface area (Å²) in [5, 5.41) is 22.3. The zero-order valence-electron chi connectivity index (χ0n) is 7.22. The quantitative estimate of drug-likeness (QED) is 0.726. The van der Waals surface area contributed by atoms with Crippen molar-refractivity contribution in [2.24, 2.45) is 0 Å². The molecule has 5 nitrogen and oxygen atoms in total. The summed E-state index contributed by atoms with van der Waals surface area (Å²) in [7, 11) is 0. The Labute approximate surface area is 78.3 Å². The lowest BCUT2D eigenvalue weighted by Gasteiger charge is -2.00. The summed E-state index contributed by atoms with van der Waals surface area (Å²) >= 11 is 1.04. The lowest BCUT2D eigenvalue weighted by atomic mass is 10.1. The average molecular weight is 199 g/mol. The van der Waals surface area contributed by atoms with Crippen molar-refractivity contribution in [1.82, 2.24) is 14.6 Å². The minimum Gasteiger partial charge on any atom is -0.492 e. The first-order valence-corrected chi connectivity index (χ1v) is 4.68. The summed E-state index contributed by atoms with van der Waals surface area (Å²) in [5.41, 5.74) is 0.631. The minimum atomic E-state index is -0.0376. The topological polar surface area (TPSA) is 70.7 Å². The van der Waals surface area contributed by atoms with Crippen molar-refractivity contribution in [3.63, 3.8) is 0 Å². The molecule has 0 atom stereocenters. The van der Waals surface area contributed by atoms with Crippen LogP contribution in [0.4, 0.5) is 0 Å². The van der Waals surface area contributed by atoms with Gasteiger partial charge in [0.25, 0.3) is 5.19 Å². The Balaban J connectivity index is 2.75. The first-order valence-electron chi connectivity index (χ1n) is 3.87. The summed E-state index contributed by atoms with van der Waals surface area (Å²) in [4.78, 5) is 4.38. The van der Waals surface area contributed by atoms with E-state index in [-0.39, 0.29) is 17.0 Å². The molecule has 6 heteroatoms. The molecule has 2 N–H and O–H groups in total. The molecule has 0 radical (unpaired) electrons. The van der Waals surface area contributed by atoms with Gasteiger partial charge in [0.1, 0.15) is 5.69 Å². The van der Waals surface area contributed by atoms with E-state index in [2.05, 4.69) is 10.1 Å². The van der Waals surface area contributed by atoms with Crippen molar-refractivity contribution in [1.29, 1.82) is 0 Å². The summed E-state index contributed by atoms with van der Waals surface area (Å²) in [6.45, 7) is 3.86. The van der Waals surface area contributed by atoms with Gasteiger partial charge in [-0.1, -0.05) is 13.8 Å². The Morgan fingerprint density at radius 2 is 2.08 bits per heavy atom. The van der Waals surface area contributed by atoms with Crippen molar-refractivity contribution in [2.45, 2.75) is 19.8 Å². The van der Waals surface area contributed by atoms with E-state index in [9.17, 15) is 5.11 Å². The largest absolute Gasteiger partial charge is 0.492 e. The van der Waals surface area contributed by atoms with Crippen LogP contribution in [0.3, 0.4) is 0 Å². The van der Waals surface area contributed by atoms with Gasteiger partial charge in [0.05, 0.1) is 0 Å². The van der Waals surface area contributed by atoms with Crippen LogP contribution in [0, 0.1) is 0 Å². The maximum Gasteiger partial charge on any atom is 0.291 e. The molecule has 0 aliphatic carbocycles. The molecule has 0 aliphatic rings. The number of nitrogens with zero attached hydrogens (tertiary/aromatic N) is 3. The van der Waals surface area contributed by atoms with E-state index < -0.39 is 0 Å². The number of aromatic hydroxyl groups is 2. The third-order valence-electron chi connectivity index (χ3n) is 1.76. The predicted octanol–water partition coefficient (Wildman–Crippen LogP) is 1.33. The monoisotopic (exact) mass is 199 g/mol. The van der Waals surface area contributed by atoms with E-state index in [0.717, 1.165) is 11.3 Å². The molecule has 2 aromatic rings. The molecule has 13 heavy (non-hydrogen) atoms. The van der Waals surface area contributed by atoms with Crippen molar-refractivity contribution >= 4 is 16.3 Å². The Morgan fingerprint density at radius 1 is 1.38 bits per heavy atom. The van der Waals surface area contributed by atoms with Crippen molar-refractivity contribution < 1.29 is 10.2 Å². The first-order chi connectivity index (χ1) is 6.09. The molecular formula is C7H9N3O2S. The molecule has 2 rings (SSSR count). The molecule has 0 spiro atoms. The van der Waals surface area contributed by atoms with E-state index in [0.29, 0.717) is 10.7 Å². The zero-order chi connectivity index (χ0) is 9.59. The maximum atomic E-state index is 9.44. The molecule has 0 aromatic carbocycles.